The number of aromatic nitrogens is 2. The first-order valence-electron chi connectivity index (χ1n) is 3.11. The van der Waals surface area contributed by atoms with E-state index in [4.69, 9.17) is 0 Å². The van der Waals surface area contributed by atoms with Crippen LogP contribution in [0.2, 0.25) is 0 Å². The van der Waals surface area contributed by atoms with Gasteiger partial charge in [-0.15, -0.1) is 0 Å². The van der Waals surface area contributed by atoms with E-state index in [2.05, 4.69) is 25.9 Å². The van der Waals surface area contributed by atoms with Gasteiger partial charge < -0.3 is 0 Å². The molecule has 1 heterocycles. The van der Waals surface area contributed by atoms with E-state index in [0.29, 0.717) is 6.29 Å². The van der Waals surface area contributed by atoms with Crippen molar-refractivity contribution in [3.05, 3.63) is 21.7 Å². The van der Waals surface area contributed by atoms with Gasteiger partial charge >= 0.3 is 0 Å². The minimum absolute atomic E-state index is 0.239. The zero-order valence-electron chi connectivity index (χ0n) is 6.26. The second-order valence-corrected chi connectivity index (χ2v) is 2.98. The van der Waals surface area contributed by atoms with E-state index >= 15 is 0 Å². The van der Waals surface area contributed by atoms with Crippen molar-refractivity contribution in [2.75, 3.05) is 0 Å². The number of rotatable bonds is 1. The molecule has 4 heteroatoms. The second kappa shape index (κ2) is 3.09. The lowest BCUT2D eigenvalue weighted by Gasteiger charge is -2.00. The van der Waals surface area contributed by atoms with Crippen molar-refractivity contribution in [1.82, 2.24) is 9.97 Å². The summed E-state index contributed by atoms with van der Waals surface area (Å²) in [5.41, 5.74) is 1.58. The highest BCUT2D eigenvalue weighted by Gasteiger charge is 2.03. The summed E-state index contributed by atoms with van der Waals surface area (Å²) in [4.78, 5) is 18.1. The summed E-state index contributed by atoms with van der Waals surface area (Å²) < 4.78 is 0.864. The van der Waals surface area contributed by atoms with Crippen molar-refractivity contribution in [3.63, 3.8) is 0 Å². The molecular weight excluding hydrogens is 208 g/mol. The number of carbonyl (C=O) groups is 1. The van der Waals surface area contributed by atoms with E-state index < -0.39 is 0 Å². The van der Waals surface area contributed by atoms with Crippen LogP contribution in [0.25, 0.3) is 0 Å². The average Bonchev–Trinajstić information content (AvgIpc) is 1.99. The SMILES string of the molecule is Cc1nc(C=O)nc(C)c1Br. The molecule has 0 spiro atoms. The predicted octanol–water partition coefficient (Wildman–Crippen LogP) is 1.67. The number of carbonyl (C=O) groups excluding carboxylic acids is 1. The van der Waals surface area contributed by atoms with Crippen LogP contribution in [0.3, 0.4) is 0 Å². The molecule has 1 aromatic rings. The molecule has 0 bridgehead atoms. The first kappa shape index (κ1) is 8.33. The Morgan fingerprint density at radius 2 is 1.73 bits per heavy atom. The third kappa shape index (κ3) is 1.63. The van der Waals surface area contributed by atoms with E-state index in [9.17, 15) is 4.79 Å². The predicted molar refractivity (Wildman–Crippen MR) is 44.6 cm³/mol. The molecule has 0 saturated carbocycles. The topological polar surface area (TPSA) is 42.9 Å². The highest BCUT2D eigenvalue weighted by atomic mass is 79.9. The Kier molecular flexibility index (Phi) is 2.34. The minimum Gasteiger partial charge on any atom is -0.294 e. The Bertz CT molecular complexity index is 275. The van der Waals surface area contributed by atoms with Crippen LogP contribution < -0.4 is 0 Å². The van der Waals surface area contributed by atoms with Crippen molar-refractivity contribution in [2.24, 2.45) is 0 Å². The molecule has 0 aromatic carbocycles. The zero-order valence-corrected chi connectivity index (χ0v) is 7.84. The normalized spacial score (nSPS) is 9.73. The summed E-state index contributed by atoms with van der Waals surface area (Å²) in [6.45, 7) is 3.65. The molecule has 0 aliphatic heterocycles. The van der Waals surface area contributed by atoms with Crippen molar-refractivity contribution in [1.29, 1.82) is 0 Å². The molecule has 11 heavy (non-hydrogen) atoms. The van der Waals surface area contributed by atoms with Gasteiger partial charge in [-0.1, -0.05) is 0 Å². The van der Waals surface area contributed by atoms with Gasteiger partial charge in [0, 0.05) is 0 Å². The van der Waals surface area contributed by atoms with Gasteiger partial charge in [-0.2, -0.15) is 0 Å². The molecule has 0 radical (unpaired) electrons. The Morgan fingerprint density at radius 1 is 1.27 bits per heavy atom. The van der Waals surface area contributed by atoms with Gasteiger partial charge in [-0.3, -0.25) is 4.79 Å². The Balaban J connectivity index is 3.31. The van der Waals surface area contributed by atoms with Gasteiger partial charge in [0.05, 0.1) is 15.9 Å². The van der Waals surface area contributed by atoms with Crippen LogP contribution >= 0.6 is 15.9 Å². The van der Waals surface area contributed by atoms with Gasteiger partial charge in [0.1, 0.15) is 0 Å². The van der Waals surface area contributed by atoms with E-state index in [0.717, 1.165) is 15.9 Å². The maximum Gasteiger partial charge on any atom is 0.193 e. The molecule has 0 amide bonds. The Hall–Kier alpha value is -0.770. The fourth-order valence-electron chi connectivity index (χ4n) is 0.781. The molecule has 0 atom stereocenters. The second-order valence-electron chi connectivity index (χ2n) is 2.18. The standard InChI is InChI=1S/C7H7BrN2O/c1-4-7(8)5(2)10-6(3-11)9-4/h3H,1-2H3. The maximum atomic E-state index is 10.3. The molecular formula is C7H7BrN2O. The quantitative estimate of drug-likeness (QED) is 0.669. The van der Waals surface area contributed by atoms with Crippen LogP contribution in [0, 0.1) is 13.8 Å². The number of hydrogen-bond acceptors (Lipinski definition) is 3. The molecule has 1 rings (SSSR count). The zero-order chi connectivity index (χ0) is 8.43. The molecule has 0 saturated heterocycles. The van der Waals surface area contributed by atoms with E-state index in [1.54, 1.807) is 0 Å². The largest absolute Gasteiger partial charge is 0.294 e. The molecule has 1 aromatic heterocycles. The Morgan fingerprint density at radius 3 is 2.09 bits per heavy atom. The lowest BCUT2D eigenvalue weighted by Crippen LogP contribution is -1.98. The smallest absolute Gasteiger partial charge is 0.193 e. The van der Waals surface area contributed by atoms with Gasteiger partial charge in [0.15, 0.2) is 12.1 Å². The molecule has 58 valence electrons. The lowest BCUT2D eigenvalue weighted by atomic mass is 10.3. The lowest BCUT2D eigenvalue weighted by molar-refractivity contribution is 0.111. The summed E-state index contributed by atoms with van der Waals surface area (Å²) in [6.07, 6.45) is 0.645. The third-order valence-electron chi connectivity index (χ3n) is 1.31. The molecule has 0 unspecified atom stereocenters. The van der Waals surface area contributed by atoms with Crippen molar-refractivity contribution >= 4 is 22.2 Å². The van der Waals surface area contributed by atoms with Crippen LogP contribution in [0.4, 0.5) is 0 Å². The van der Waals surface area contributed by atoms with E-state index in [1.807, 2.05) is 13.8 Å². The van der Waals surface area contributed by atoms with Crippen LogP contribution in [0.15, 0.2) is 4.47 Å². The maximum absolute atomic E-state index is 10.3. The van der Waals surface area contributed by atoms with Gasteiger partial charge in [-0.25, -0.2) is 9.97 Å². The van der Waals surface area contributed by atoms with Crippen LogP contribution in [0.5, 0.6) is 0 Å². The summed E-state index contributed by atoms with van der Waals surface area (Å²) in [6, 6.07) is 0. The molecule has 0 aliphatic carbocycles. The highest BCUT2D eigenvalue weighted by Crippen LogP contribution is 2.16. The summed E-state index contributed by atoms with van der Waals surface area (Å²) in [5.74, 6) is 0.239. The molecule has 0 fully saturated rings. The molecule has 0 N–H and O–H groups in total. The number of aryl methyl sites for hydroxylation is 2. The van der Waals surface area contributed by atoms with Crippen molar-refractivity contribution < 1.29 is 4.79 Å². The van der Waals surface area contributed by atoms with Gasteiger partial charge in [-0.05, 0) is 29.8 Å². The monoisotopic (exact) mass is 214 g/mol. The minimum atomic E-state index is 0.239. The fraction of sp³-hybridized carbons (Fsp3) is 0.286. The fourth-order valence-corrected chi connectivity index (χ4v) is 0.959. The van der Waals surface area contributed by atoms with E-state index in [-0.39, 0.29) is 5.82 Å². The van der Waals surface area contributed by atoms with Crippen LogP contribution in [0.1, 0.15) is 22.0 Å². The van der Waals surface area contributed by atoms with Gasteiger partial charge in [0.25, 0.3) is 0 Å². The summed E-state index contributed by atoms with van der Waals surface area (Å²) in [5, 5.41) is 0. The molecule has 3 nitrogen and oxygen atoms in total. The van der Waals surface area contributed by atoms with Crippen LogP contribution in [-0.2, 0) is 0 Å². The summed E-state index contributed by atoms with van der Waals surface area (Å²) >= 11 is 3.30. The van der Waals surface area contributed by atoms with E-state index in [1.165, 1.54) is 0 Å². The summed E-state index contributed by atoms with van der Waals surface area (Å²) in [7, 11) is 0. The highest BCUT2D eigenvalue weighted by molar-refractivity contribution is 9.10. The number of nitrogens with zero attached hydrogens (tertiary/aromatic N) is 2. The van der Waals surface area contributed by atoms with Gasteiger partial charge in [0.2, 0.25) is 0 Å². The number of hydrogen-bond donors (Lipinski definition) is 0. The average molecular weight is 215 g/mol. The number of halogens is 1. The van der Waals surface area contributed by atoms with Crippen molar-refractivity contribution in [3.8, 4) is 0 Å². The Labute approximate surface area is 73.0 Å². The first-order chi connectivity index (χ1) is 5.15. The van der Waals surface area contributed by atoms with Crippen LogP contribution in [-0.4, -0.2) is 16.3 Å². The molecule has 0 aliphatic rings. The first-order valence-corrected chi connectivity index (χ1v) is 3.90. The third-order valence-corrected chi connectivity index (χ3v) is 2.45. The van der Waals surface area contributed by atoms with Crippen molar-refractivity contribution in [2.45, 2.75) is 13.8 Å². The number of aldehydes is 1.